The van der Waals surface area contributed by atoms with E-state index in [0.29, 0.717) is 5.75 Å². The SMILES string of the molecule is COc1cc(Br)c(OC)c2c1CSCC(C)C2O. The summed E-state index contributed by atoms with van der Waals surface area (Å²) in [5.74, 6) is 3.48. The minimum absolute atomic E-state index is 0.198. The molecule has 1 heterocycles. The average Bonchev–Trinajstić information content (AvgIpc) is 2.50. The molecule has 0 saturated carbocycles. The maximum atomic E-state index is 10.5. The topological polar surface area (TPSA) is 38.7 Å². The van der Waals surface area contributed by atoms with Gasteiger partial charge in [-0.25, -0.2) is 0 Å². The van der Waals surface area contributed by atoms with Crippen molar-refractivity contribution in [3.05, 3.63) is 21.7 Å². The fourth-order valence-electron chi connectivity index (χ4n) is 2.24. The first-order chi connectivity index (χ1) is 8.60. The van der Waals surface area contributed by atoms with Crippen molar-refractivity contribution in [3.8, 4) is 11.5 Å². The van der Waals surface area contributed by atoms with Crippen LogP contribution in [0.5, 0.6) is 11.5 Å². The first-order valence-electron chi connectivity index (χ1n) is 5.79. The minimum Gasteiger partial charge on any atom is -0.496 e. The Morgan fingerprint density at radius 3 is 2.72 bits per heavy atom. The van der Waals surface area contributed by atoms with Crippen LogP contribution in [0, 0.1) is 5.92 Å². The van der Waals surface area contributed by atoms with Gasteiger partial charge in [0, 0.05) is 16.9 Å². The summed E-state index contributed by atoms with van der Waals surface area (Å²) in [6.07, 6.45) is -0.517. The molecule has 1 aliphatic heterocycles. The van der Waals surface area contributed by atoms with Gasteiger partial charge in [-0.2, -0.15) is 11.8 Å². The van der Waals surface area contributed by atoms with Crippen LogP contribution in [-0.2, 0) is 5.75 Å². The molecule has 0 aliphatic carbocycles. The third kappa shape index (κ3) is 2.36. The van der Waals surface area contributed by atoms with E-state index in [1.807, 2.05) is 17.8 Å². The molecule has 1 aliphatic rings. The summed E-state index contributed by atoms with van der Waals surface area (Å²) in [5.41, 5.74) is 1.90. The van der Waals surface area contributed by atoms with Gasteiger partial charge in [0.15, 0.2) is 0 Å². The number of thioether (sulfide) groups is 1. The van der Waals surface area contributed by atoms with Crippen LogP contribution in [0.4, 0.5) is 0 Å². The Hall–Kier alpha value is -0.390. The van der Waals surface area contributed by atoms with Crippen LogP contribution in [0.3, 0.4) is 0 Å². The molecule has 2 rings (SSSR count). The molecule has 2 atom stereocenters. The third-order valence-electron chi connectivity index (χ3n) is 3.23. The van der Waals surface area contributed by atoms with Gasteiger partial charge >= 0.3 is 0 Å². The van der Waals surface area contributed by atoms with Crippen LogP contribution in [0.25, 0.3) is 0 Å². The maximum Gasteiger partial charge on any atom is 0.139 e. The van der Waals surface area contributed by atoms with Crippen molar-refractivity contribution in [1.82, 2.24) is 0 Å². The van der Waals surface area contributed by atoms with Gasteiger partial charge in [0.05, 0.1) is 24.8 Å². The Bertz CT molecular complexity index is 450. The highest BCUT2D eigenvalue weighted by atomic mass is 79.9. The van der Waals surface area contributed by atoms with E-state index >= 15 is 0 Å². The molecule has 100 valence electrons. The number of aliphatic hydroxyl groups excluding tert-OH is 1. The van der Waals surface area contributed by atoms with Crippen molar-refractivity contribution in [2.45, 2.75) is 18.8 Å². The zero-order chi connectivity index (χ0) is 13.3. The van der Waals surface area contributed by atoms with Gasteiger partial charge in [-0.3, -0.25) is 0 Å². The predicted octanol–water partition coefficient (Wildman–Crippen LogP) is 3.38. The summed E-state index contributed by atoms with van der Waals surface area (Å²) in [4.78, 5) is 0. The Kier molecular flexibility index (Phi) is 4.45. The molecule has 0 amide bonds. The molecule has 0 spiro atoms. The molecular formula is C13H17BrO3S. The number of ether oxygens (including phenoxy) is 2. The number of halogens is 1. The average molecular weight is 333 g/mol. The summed E-state index contributed by atoms with van der Waals surface area (Å²) in [7, 11) is 3.28. The van der Waals surface area contributed by atoms with Crippen LogP contribution >= 0.6 is 27.7 Å². The van der Waals surface area contributed by atoms with Gasteiger partial charge in [0.1, 0.15) is 11.5 Å². The Morgan fingerprint density at radius 1 is 1.39 bits per heavy atom. The third-order valence-corrected chi connectivity index (χ3v) is 5.07. The second kappa shape index (κ2) is 5.72. The van der Waals surface area contributed by atoms with Crippen LogP contribution < -0.4 is 9.47 Å². The second-order valence-electron chi connectivity index (χ2n) is 4.42. The van der Waals surface area contributed by atoms with E-state index in [1.54, 1.807) is 14.2 Å². The van der Waals surface area contributed by atoms with Gasteiger partial charge in [-0.15, -0.1) is 0 Å². The van der Waals surface area contributed by atoms with E-state index < -0.39 is 6.10 Å². The lowest BCUT2D eigenvalue weighted by atomic mass is 9.94. The molecule has 5 heteroatoms. The first-order valence-corrected chi connectivity index (χ1v) is 7.74. The summed E-state index contributed by atoms with van der Waals surface area (Å²) < 4.78 is 11.7. The predicted molar refractivity (Wildman–Crippen MR) is 77.5 cm³/mol. The van der Waals surface area contributed by atoms with Crippen molar-refractivity contribution in [2.75, 3.05) is 20.0 Å². The van der Waals surface area contributed by atoms with Crippen LogP contribution in [0.1, 0.15) is 24.2 Å². The Balaban J connectivity index is 2.67. The fourth-order valence-corrected chi connectivity index (χ4v) is 4.00. The van der Waals surface area contributed by atoms with Crippen molar-refractivity contribution in [1.29, 1.82) is 0 Å². The van der Waals surface area contributed by atoms with Gasteiger partial charge in [-0.05, 0) is 33.7 Å². The van der Waals surface area contributed by atoms with E-state index in [0.717, 1.165) is 32.9 Å². The normalized spacial score (nSPS) is 23.2. The lowest BCUT2D eigenvalue weighted by Gasteiger charge is -2.22. The van der Waals surface area contributed by atoms with Crippen LogP contribution in [0.2, 0.25) is 0 Å². The van der Waals surface area contributed by atoms with Gasteiger partial charge in [-0.1, -0.05) is 6.92 Å². The Morgan fingerprint density at radius 2 is 2.11 bits per heavy atom. The van der Waals surface area contributed by atoms with Crippen LogP contribution in [0.15, 0.2) is 10.5 Å². The molecule has 2 unspecified atom stereocenters. The number of rotatable bonds is 2. The molecule has 0 aromatic heterocycles. The van der Waals surface area contributed by atoms with E-state index in [-0.39, 0.29) is 5.92 Å². The van der Waals surface area contributed by atoms with Gasteiger partial charge in [0.2, 0.25) is 0 Å². The van der Waals surface area contributed by atoms with E-state index in [9.17, 15) is 5.11 Å². The van der Waals surface area contributed by atoms with E-state index in [1.165, 1.54) is 0 Å². The van der Waals surface area contributed by atoms with Crippen molar-refractivity contribution in [3.63, 3.8) is 0 Å². The highest BCUT2D eigenvalue weighted by Gasteiger charge is 2.30. The summed E-state index contributed by atoms with van der Waals surface area (Å²) in [6.45, 7) is 2.06. The highest BCUT2D eigenvalue weighted by Crippen LogP contribution is 2.46. The summed E-state index contributed by atoms with van der Waals surface area (Å²) in [5, 5.41) is 10.5. The van der Waals surface area contributed by atoms with Gasteiger partial charge in [0.25, 0.3) is 0 Å². The molecule has 3 nitrogen and oxygen atoms in total. The summed E-state index contributed by atoms with van der Waals surface area (Å²) >= 11 is 5.29. The molecule has 18 heavy (non-hydrogen) atoms. The molecular weight excluding hydrogens is 316 g/mol. The molecule has 1 aromatic carbocycles. The maximum absolute atomic E-state index is 10.5. The van der Waals surface area contributed by atoms with Crippen molar-refractivity contribution >= 4 is 27.7 Å². The molecule has 1 N–H and O–H groups in total. The molecule has 0 radical (unpaired) electrons. The molecule has 0 fully saturated rings. The number of benzene rings is 1. The number of fused-ring (bicyclic) bond motifs is 1. The fraction of sp³-hybridized carbons (Fsp3) is 0.538. The molecule has 1 aromatic rings. The zero-order valence-corrected chi connectivity index (χ0v) is 13.1. The summed E-state index contributed by atoms with van der Waals surface area (Å²) in [6, 6.07) is 1.90. The monoisotopic (exact) mass is 332 g/mol. The minimum atomic E-state index is -0.517. The van der Waals surface area contributed by atoms with Gasteiger partial charge < -0.3 is 14.6 Å². The number of methoxy groups -OCH3 is 2. The Labute approximate surface area is 120 Å². The lowest BCUT2D eigenvalue weighted by Crippen LogP contribution is -2.12. The number of aliphatic hydroxyl groups is 1. The van der Waals surface area contributed by atoms with E-state index in [2.05, 4.69) is 22.9 Å². The first kappa shape index (κ1) is 14.0. The standard InChI is InChI=1S/C13H17BrO3S/c1-7-5-18-6-8-10(16-2)4-9(14)13(17-3)11(8)12(7)15/h4,7,12,15H,5-6H2,1-3H3. The van der Waals surface area contributed by atoms with Crippen molar-refractivity contribution < 1.29 is 14.6 Å². The second-order valence-corrected chi connectivity index (χ2v) is 6.31. The lowest BCUT2D eigenvalue weighted by molar-refractivity contribution is 0.125. The smallest absolute Gasteiger partial charge is 0.139 e. The largest absolute Gasteiger partial charge is 0.496 e. The van der Waals surface area contributed by atoms with E-state index in [4.69, 9.17) is 9.47 Å². The molecule has 0 saturated heterocycles. The quantitative estimate of drug-likeness (QED) is 0.901. The van der Waals surface area contributed by atoms with Crippen molar-refractivity contribution in [2.24, 2.45) is 5.92 Å². The highest BCUT2D eigenvalue weighted by molar-refractivity contribution is 9.10. The number of hydrogen-bond donors (Lipinski definition) is 1. The zero-order valence-electron chi connectivity index (χ0n) is 10.7. The van der Waals surface area contributed by atoms with Crippen LogP contribution in [-0.4, -0.2) is 25.1 Å². The molecule has 0 bridgehead atoms. The number of hydrogen-bond acceptors (Lipinski definition) is 4.